The summed E-state index contributed by atoms with van der Waals surface area (Å²) in [4.78, 5) is 26.9. The minimum atomic E-state index is -0.439. The number of rotatable bonds is 2. The van der Waals surface area contributed by atoms with Gasteiger partial charge in [0.05, 0.1) is 39.9 Å². The highest BCUT2D eigenvalue weighted by Crippen LogP contribution is 2.46. The van der Waals surface area contributed by atoms with Crippen LogP contribution in [0.3, 0.4) is 0 Å². The van der Waals surface area contributed by atoms with E-state index in [1.807, 2.05) is 12.1 Å². The van der Waals surface area contributed by atoms with E-state index in [2.05, 4.69) is 31.9 Å². The van der Waals surface area contributed by atoms with Crippen molar-refractivity contribution in [2.45, 2.75) is 0 Å². The van der Waals surface area contributed by atoms with Gasteiger partial charge in [-0.15, -0.1) is 22.7 Å². The van der Waals surface area contributed by atoms with Crippen LogP contribution < -0.4 is 11.7 Å². The fourth-order valence-corrected chi connectivity index (χ4v) is 5.57. The molecule has 4 rings (SSSR count). The number of halogens is 2. The van der Waals surface area contributed by atoms with E-state index in [4.69, 9.17) is 11.7 Å². The van der Waals surface area contributed by atoms with Crippen molar-refractivity contribution in [1.29, 1.82) is 0 Å². The van der Waals surface area contributed by atoms with Gasteiger partial charge < -0.3 is 0 Å². The molecule has 2 aromatic heterocycles. The van der Waals surface area contributed by atoms with Gasteiger partial charge in [0.2, 0.25) is 0 Å². The van der Waals surface area contributed by atoms with Crippen LogP contribution in [0, 0.1) is 0 Å². The molecule has 0 saturated carbocycles. The third-order valence-electron chi connectivity index (χ3n) is 3.68. The number of hydrazine groups is 2. The number of amides is 2. The smallest absolute Gasteiger partial charge is 0.267 e. The van der Waals surface area contributed by atoms with Gasteiger partial charge in [-0.2, -0.15) is 0 Å². The Morgan fingerprint density at radius 1 is 0.750 bits per heavy atom. The molecule has 0 saturated heterocycles. The molecule has 0 aliphatic carbocycles. The SMILES string of the molecule is NN1C(=O)C2=C(c3ccc(Br)s3)N(N)C(=O)C2=C1c1ccc(Br)s1. The molecule has 2 amide bonds. The van der Waals surface area contributed by atoms with E-state index in [-0.39, 0.29) is 11.1 Å². The Morgan fingerprint density at radius 3 is 1.42 bits per heavy atom. The van der Waals surface area contributed by atoms with E-state index in [1.165, 1.54) is 22.7 Å². The molecule has 10 heteroatoms. The molecular weight excluding hydrogens is 480 g/mol. The average molecular weight is 488 g/mol. The third kappa shape index (κ3) is 2.18. The predicted octanol–water partition coefficient (Wildman–Crippen LogP) is 2.89. The number of carbonyl (C=O) groups excluding carboxylic acids is 2. The zero-order valence-corrected chi connectivity index (χ0v) is 16.6. The largest absolute Gasteiger partial charge is 0.275 e. The van der Waals surface area contributed by atoms with Gasteiger partial charge in [-0.1, -0.05) is 0 Å². The van der Waals surface area contributed by atoms with Gasteiger partial charge in [0.1, 0.15) is 0 Å². The lowest BCUT2D eigenvalue weighted by molar-refractivity contribution is -0.124. The fraction of sp³-hybridized carbons (Fsp3) is 0. The molecular formula is C14H8Br2N4O2S2. The van der Waals surface area contributed by atoms with E-state index in [0.29, 0.717) is 11.4 Å². The van der Waals surface area contributed by atoms with Gasteiger partial charge >= 0.3 is 0 Å². The topological polar surface area (TPSA) is 92.7 Å². The van der Waals surface area contributed by atoms with Crippen molar-refractivity contribution >= 4 is 77.7 Å². The van der Waals surface area contributed by atoms with E-state index in [1.54, 1.807) is 12.1 Å². The zero-order valence-electron chi connectivity index (χ0n) is 11.7. The number of hydrogen-bond donors (Lipinski definition) is 2. The Morgan fingerprint density at radius 2 is 1.12 bits per heavy atom. The minimum Gasteiger partial charge on any atom is -0.267 e. The van der Waals surface area contributed by atoms with E-state index >= 15 is 0 Å². The van der Waals surface area contributed by atoms with Crippen LogP contribution >= 0.6 is 54.5 Å². The predicted molar refractivity (Wildman–Crippen MR) is 99.9 cm³/mol. The molecule has 0 bridgehead atoms. The fourth-order valence-electron chi connectivity index (χ4n) is 2.71. The van der Waals surface area contributed by atoms with Crippen LogP contribution in [-0.4, -0.2) is 21.8 Å². The maximum absolute atomic E-state index is 12.7. The molecule has 0 fully saturated rings. The summed E-state index contributed by atoms with van der Waals surface area (Å²) in [5.74, 6) is 11.1. The molecule has 0 atom stereocenters. The van der Waals surface area contributed by atoms with Crippen LogP contribution in [-0.2, 0) is 9.59 Å². The molecule has 2 aromatic rings. The number of hydrogen-bond acceptors (Lipinski definition) is 6. The Balaban J connectivity index is 2.00. The number of thiophene rings is 2. The average Bonchev–Trinajstić information content (AvgIpc) is 3.25. The minimum absolute atomic E-state index is 0.249. The standard InChI is InChI=1S/C14H8Br2N4O2S2/c15-7-3-1-5(23-7)11-9-10(14(22)19(11)17)12(20(18)13(9)21)6-2-4-8(16)24-6/h1-4H,17-18H2. The summed E-state index contributed by atoms with van der Waals surface area (Å²) < 4.78 is 1.75. The second-order valence-electron chi connectivity index (χ2n) is 5.01. The summed E-state index contributed by atoms with van der Waals surface area (Å²) in [6.45, 7) is 0. The summed E-state index contributed by atoms with van der Waals surface area (Å²) in [6.07, 6.45) is 0. The van der Waals surface area contributed by atoms with Gasteiger partial charge in [-0.25, -0.2) is 21.7 Å². The highest BCUT2D eigenvalue weighted by molar-refractivity contribution is 9.11. The lowest BCUT2D eigenvalue weighted by Crippen LogP contribution is -2.36. The Kier molecular flexibility index (Phi) is 3.79. The van der Waals surface area contributed by atoms with Crippen molar-refractivity contribution in [1.82, 2.24) is 10.0 Å². The number of carbonyl (C=O) groups is 2. The Hall–Kier alpha value is -1.30. The van der Waals surface area contributed by atoms with Crippen LogP contribution in [0.5, 0.6) is 0 Å². The van der Waals surface area contributed by atoms with Crippen molar-refractivity contribution in [2.75, 3.05) is 0 Å². The van der Waals surface area contributed by atoms with Gasteiger partial charge in [0.15, 0.2) is 0 Å². The number of nitrogens with zero attached hydrogens (tertiary/aromatic N) is 2. The molecule has 0 aromatic carbocycles. The van der Waals surface area contributed by atoms with Crippen molar-refractivity contribution < 1.29 is 9.59 Å². The van der Waals surface area contributed by atoms with Gasteiger partial charge in [-0.3, -0.25) is 9.59 Å². The van der Waals surface area contributed by atoms with Crippen LogP contribution in [0.25, 0.3) is 11.4 Å². The second-order valence-corrected chi connectivity index (χ2v) is 9.93. The molecule has 6 nitrogen and oxygen atoms in total. The van der Waals surface area contributed by atoms with Crippen LogP contribution in [0.1, 0.15) is 9.75 Å². The summed E-state index contributed by atoms with van der Waals surface area (Å²) in [5.41, 5.74) is 1.27. The molecule has 122 valence electrons. The van der Waals surface area contributed by atoms with Crippen LogP contribution in [0.2, 0.25) is 0 Å². The van der Waals surface area contributed by atoms with Crippen molar-refractivity contribution in [2.24, 2.45) is 11.7 Å². The van der Waals surface area contributed by atoms with Crippen LogP contribution in [0.4, 0.5) is 0 Å². The molecule has 0 radical (unpaired) electrons. The van der Waals surface area contributed by atoms with Crippen molar-refractivity contribution in [3.05, 3.63) is 52.7 Å². The van der Waals surface area contributed by atoms with Crippen molar-refractivity contribution in [3.63, 3.8) is 0 Å². The lowest BCUT2D eigenvalue weighted by atomic mass is 10.1. The van der Waals surface area contributed by atoms with Gasteiger partial charge in [-0.05, 0) is 56.1 Å². The maximum Gasteiger partial charge on any atom is 0.275 e. The van der Waals surface area contributed by atoms with E-state index in [9.17, 15) is 9.59 Å². The highest BCUT2D eigenvalue weighted by Gasteiger charge is 2.48. The normalized spacial score (nSPS) is 17.7. The molecule has 0 unspecified atom stereocenters. The molecule has 2 aliphatic heterocycles. The molecule has 0 spiro atoms. The van der Waals surface area contributed by atoms with Crippen LogP contribution in [0.15, 0.2) is 43.0 Å². The summed E-state index contributed by atoms with van der Waals surface area (Å²) in [7, 11) is 0. The van der Waals surface area contributed by atoms with Gasteiger partial charge in [0, 0.05) is 0 Å². The zero-order chi connectivity index (χ0) is 17.2. The molecule has 24 heavy (non-hydrogen) atoms. The summed E-state index contributed by atoms with van der Waals surface area (Å²) in [5, 5.41) is 2.05. The molecule has 2 aliphatic rings. The molecule has 4 N–H and O–H groups in total. The quantitative estimate of drug-likeness (QED) is 0.503. The first-order valence-corrected chi connectivity index (χ1v) is 9.80. The number of nitrogens with two attached hydrogens (primary N) is 2. The Bertz CT molecular complexity index is 897. The van der Waals surface area contributed by atoms with E-state index in [0.717, 1.165) is 27.3 Å². The second kappa shape index (κ2) is 5.61. The monoisotopic (exact) mass is 486 g/mol. The first-order valence-electron chi connectivity index (χ1n) is 6.58. The Labute approximate surface area is 161 Å². The third-order valence-corrected chi connectivity index (χ3v) is 6.94. The highest BCUT2D eigenvalue weighted by atomic mass is 79.9. The van der Waals surface area contributed by atoms with Gasteiger partial charge in [0.25, 0.3) is 11.8 Å². The number of fused-ring (bicyclic) bond motifs is 1. The van der Waals surface area contributed by atoms with Crippen molar-refractivity contribution in [3.8, 4) is 0 Å². The maximum atomic E-state index is 12.7. The lowest BCUT2D eigenvalue weighted by Gasteiger charge is -2.17. The first-order chi connectivity index (χ1) is 11.4. The first kappa shape index (κ1) is 16.2. The molecule has 4 heterocycles. The summed E-state index contributed by atoms with van der Waals surface area (Å²) in [6, 6.07) is 7.29. The summed E-state index contributed by atoms with van der Waals surface area (Å²) >= 11 is 9.54. The van der Waals surface area contributed by atoms with E-state index < -0.39 is 11.8 Å².